The predicted molar refractivity (Wildman–Crippen MR) is 77.9 cm³/mol. The summed E-state index contributed by atoms with van der Waals surface area (Å²) >= 11 is 5.79. The normalized spacial score (nSPS) is 16.9. The van der Waals surface area contributed by atoms with Gasteiger partial charge in [0.05, 0.1) is 6.42 Å². The van der Waals surface area contributed by atoms with Gasteiger partial charge in [-0.05, 0) is 42.5 Å². The first-order chi connectivity index (χ1) is 9.49. The molecule has 1 aromatic rings. The maximum absolute atomic E-state index is 12.1. The van der Waals surface area contributed by atoms with Gasteiger partial charge in [-0.1, -0.05) is 24.4 Å². The number of carbonyl (C=O) groups excluding carboxylic acids is 1. The molecule has 0 spiro atoms. The Balaban J connectivity index is 1.98. The number of aliphatic carboxylic acids is 1. The minimum absolute atomic E-state index is 0.0705. The van der Waals surface area contributed by atoms with Crippen LogP contribution in [0.3, 0.4) is 0 Å². The number of carboxylic acids is 1. The molecule has 1 amide bonds. The van der Waals surface area contributed by atoms with Gasteiger partial charge in [-0.3, -0.25) is 9.59 Å². The minimum atomic E-state index is -0.828. The highest BCUT2D eigenvalue weighted by molar-refractivity contribution is 6.30. The van der Waals surface area contributed by atoms with Crippen LogP contribution in [-0.4, -0.2) is 17.0 Å². The number of carbonyl (C=O) groups is 2. The SMILES string of the molecule is O=C(O)CC1(CC(=O)Nc2ccc(Cl)cc2)CCCC1. The molecule has 0 bridgehead atoms. The highest BCUT2D eigenvalue weighted by Crippen LogP contribution is 2.44. The fourth-order valence-corrected chi connectivity index (χ4v) is 3.07. The van der Waals surface area contributed by atoms with Crippen molar-refractivity contribution < 1.29 is 14.7 Å². The summed E-state index contributed by atoms with van der Waals surface area (Å²) in [6, 6.07) is 6.89. The minimum Gasteiger partial charge on any atom is -0.481 e. The molecule has 4 nitrogen and oxygen atoms in total. The highest BCUT2D eigenvalue weighted by Gasteiger charge is 2.37. The van der Waals surface area contributed by atoms with Crippen molar-refractivity contribution in [3.05, 3.63) is 29.3 Å². The van der Waals surface area contributed by atoms with E-state index in [0.717, 1.165) is 25.7 Å². The molecule has 0 unspecified atom stereocenters. The van der Waals surface area contributed by atoms with Gasteiger partial charge in [0.25, 0.3) is 0 Å². The third kappa shape index (κ3) is 3.97. The Labute approximate surface area is 123 Å². The molecule has 1 fully saturated rings. The van der Waals surface area contributed by atoms with E-state index < -0.39 is 5.97 Å². The lowest BCUT2D eigenvalue weighted by atomic mass is 9.79. The number of hydrogen-bond donors (Lipinski definition) is 2. The molecule has 2 N–H and O–H groups in total. The number of nitrogens with one attached hydrogen (secondary N) is 1. The van der Waals surface area contributed by atoms with E-state index in [1.807, 2.05) is 0 Å². The molecule has 0 radical (unpaired) electrons. The van der Waals surface area contributed by atoms with E-state index in [1.165, 1.54) is 0 Å². The molecule has 2 rings (SSSR count). The van der Waals surface area contributed by atoms with Crippen LogP contribution >= 0.6 is 11.6 Å². The molecule has 0 atom stereocenters. The predicted octanol–water partition coefficient (Wildman–Crippen LogP) is 3.70. The van der Waals surface area contributed by atoms with Gasteiger partial charge >= 0.3 is 5.97 Å². The molecule has 1 saturated carbocycles. The molecule has 0 saturated heterocycles. The second-order valence-corrected chi connectivity index (χ2v) is 5.95. The van der Waals surface area contributed by atoms with E-state index in [-0.39, 0.29) is 24.2 Å². The Bertz CT molecular complexity index is 492. The second-order valence-electron chi connectivity index (χ2n) is 5.51. The van der Waals surface area contributed by atoms with E-state index in [9.17, 15) is 9.59 Å². The topological polar surface area (TPSA) is 66.4 Å². The molecule has 0 heterocycles. The van der Waals surface area contributed by atoms with Gasteiger partial charge in [-0.25, -0.2) is 0 Å². The highest BCUT2D eigenvalue weighted by atomic mass is 35.5. The number of benzene rings is 1. The summed E-state index contributed by atoms with van der Waals surface area (Å²) < 4.78 is 0. The quantitative estimate of drug-likeness (QED) is 0.870. The lowest BCUT2D eigenvalue weighted by Gasteiger charge is -2.26. The van der Waals surface area contributed by atoms with E-state index in [1.54, 1.807) is 24.3 Å². The molecule has 5 heteroatoms. The molecule has 0 aromatic heterocycles. The summed E-state index contributed by atoms with van der Waals surface area (Å²) in [7, 11) is 0. The van der Waals surface area contributed by atoms with Crippen molar-refractivity contribution in [1.82, 2.24) is 0 Å². The van der Waals surface area contributed by atoms with Gasteiger partial charge in [0, 0.05) is 17.1 Å². The smallest absolute Gasteiger partial charge is 0.303 e. The number of amides is 1. The Morgan fingerprint density at radius 1 is 1.15 bits per heavy atom. The van der Waals surface area contributed by atoms with Crippen LogP contribution in [0.15, 0.2) is 24.3 Å². The van der Waals surface area contributed by atoms with Crippen molar-refractivity contribution in [3.63, 3.8) is 0 Å². The van der Waals surface area contributed by atoms with Gasteiger partial charge in [-0.15, -0.1) is 0 Å². The van der Waals surface area contributed by atoms with E-state index in [4.69, 9.17) is 16.7 Å². The summed E-state index contributed by atoms with van der Waals surface area (Å²) in [6.45, 7) is 0. The van der Waals surface area contributed by atoms with Crippen molar-refractivity contribution in [2.45, 2.75) is 38.5 Å². The number of rotatable bonds is 5. The standard InChI is InChI=1S/C15H18ClNO3/c16-11-3-5-12(6-4-11)17-13(18)9-15(10-14(19)20)7-1-2-8-15/h3-6H,1-2,7-10H2,(H,17,18)(H,19,20). The summed E-state index contributed by atoms with van der Waals surface area (Å²) in [5.41, 5.74) is 0.311. The molecule has 0 aliphatic heterocycles. The van der Waals surface area contributed by atoms with Gasteiger partial charge in [0.15, 0.2) is 0 Å². The lowest BCUT2D eigenvalue weighted by molar-refractivity contribution is -0.140. The Morgan fingerprint density at radius 2 is 1.75 bits per heavy atom. The Hall–Kier alpha value is -1.55. The van der Waals surface area contributed by atoms with E-state index >= 15 is 0 Å². The van der Waals surface area contributed by atoms with Crippen LogP contribution < -0.4 is 5.32 Å². The van der Waals surface area contributed by atoms with Crippen molar-refractivity contribution in [3.8, 4) is 0 Å². The average Bonchev–Trinajstić information content (AvgIpc) is 2.79. The Morgan fingerprint density at radius 3 is 2.30 bits per heavy atom. The van der Waals surface area contributed by atoms with Crippen LogP contribution in [0.5, 0.6) is 0 Å². The summed E-state index contributed by atoms with van der Waals surface area (Å²) in [4.78, 5) is 23.1. The van der Waals surface area contributed by atoms with Crippen LogP contribution in [-0.2, 0) is 9.59 Å². The fourth-order valence-electron chi connectivity index (χ4n) is 2.94. The first kappa shape index (κ1) is 14.9. The molecule has 1 aliphatic rings. The van der Waals surface area contributed by atoms with Crippen molar-refractivity contribution >= 4 is 29.2 Å². The van der Waals surface area contributed by atoms with Crippen molar-refractivity contribution in [2.24, 2.45) is 5.41 Å². The van der Waals surface area contributed by atoms with Crippen LogP contribution in [0.2, 0.25) is 5.02 Å². The zero-order chi connectivity index (χ0) is 14.6. The fraction of sp³-hybridized carbons (Fsp3) is 0.467. The molecule has 1 aromatic carbocycles. The Kier molecular flexibility index (Phi) is 4.65. The van der Waals surface area contributed by atoms with Crippen LogP contribution in [0.4, 0.5) is 5.69 Å². The van der Waals surface area contributed by atoms with Crippen LogP contribution in [0, 0.1) is 5.41 Å². The van der Waals surface area contributed by atoms with Gasteiger partial charge in [0.1, 0.15) is 0 Å². The zero-order valence-electron chi connectivity index (χ0n) is 11.2. The third-order valence-corrected chi connectivity index (χ3v) is 4.11. The molecule has 20 heavy (non-hydrogen) atoms. The molecular weight excluding hydrogens is 278 g/mol. The zero-order valence-corrected chi connectivity index (χ0v) is 11.9. The maximum Gasteiger partial charge on any atom is 0.303 e. The summed E-state index contributed by atoms with van der Waals surface area (Å²) in [5.74, 6) is -0.957. The average molecular weight is 296 g/mol. The number of carboxylic acid groups (broad SMARTS) is 1. The maximum atomic E-state index is 12.1. The van der Waals surface area contributed by atoms with E-state index in [2.05, 4.69) is 5.32 Å². The van der Waals surface area contributed by atoms with Crippen LogP contribution in [0.1, 0.15) is 38.5 Å². The van der Waals surface area contributed by atoms with Gasteiger partial charge in [-0.2, -0.15) is 0 Å². The second kappa shape index (κ2) is 6.27. The van der Waals surface area contributed by atoms with Crippen LogP contribution in [0.25, 0.3) is 0 Å². The molecular formula is C15H18ClNO3. The van der Waals surface area contributed by atoms with E-state index in [0.29, 0.717) is 10.7 Å². The number of anilines is 1. The molecule has 108 valence electrons. The molecule has 1 aliphatic carbocycles. The van der Waals surface area contributed by atoms with Gasteiger partial charge in [0.2, 0.25) is 5.91 Å². The number of halogens is 1. The largest absolute Gasteiger partial charge is 0.481 e. The van der Waals surface area contributed by atoms with Gasteiger partial charge < -0.3 is 10.4 Å². The summed E-state index contributed by atoms with van der Waals surface area (Å²) in [5, 5.41) is 12.4. The number of hydrogen-bond acceptors (Lipinski definition) is 2. The first-order valence-electron chi connectivity index (χ1n) is 6.76. The third-order valence-electron chi connectivity index (χ3n) is 3.85. The van der Waals surface area contributed by atoms with Crippen molar-refractivity contribution in [2.75, 3.05) is 5.32 Å². The lowest BCUT2D eigenvalue weighted by Crippen LogP contribution is -2.27. The van der Waals surface area contributed by atoms with Crippen molar-refractivity contribution in [1.29, 1.82) is 0 Å². The summed E-state index contributed by atoms with van der Waals surface area (Å²) in [6.07, 6.45) is 3.96. The monoisotopic (exact) mass is 295 g/mol. The first-order valence-corrected chi connectivity index (χ1v) is 7.14.